The number of carbonyl (C=O) groups is 3. The van der Waals surface area contributed by atoms with Gasteiger partial charge in [-0.05, 0) is 12.8 Å². The normalized spacial score (nSPS) is 23.3. The molecule has 0 radical (unpaired) electrons. The Kier molecular flexibility index (Phi) is 4.29. The summed E-state index contributed by atoms with van der Waals surface area (Å²) in [6, 6.07) is 0. The third-order valence-electron chi connectivity index (χ3n) is 5.10. The molecule has 0 spiro atoms. The molecule has 1 N–H and O–H groups in total. The van der Waals surface area contributed by atoms with Crippen molar-refractivity contribution >= 4 is 34.0 Å². The number of nitrogens with one attached hydrogen (secondary N) is 1. The van der Waals surface area contributed by atoms with E-state index in [4.69, 9.17) is 0 Å². The Bertz CT molecular complexity index is 774. The van der Waals surface area contributed by atoms with Crippen LogP contribution in [0.25, 0.3) is 4.96 Å². The zero-order valence-electron chi connectivity index (χ0n) is 13.8. The Hall–Kier alpha value is -2.22. The monoisotopic (exact) mass is 360 g/mol. The number of fused-ring (bicyclic) bond motifs is 2. The van der Waals surface area contributed by atoms with Crippen LogP contribution in [0.15, 0.2) is 17.8 Å². The molecule has 2 aliphatic rings. The van der Waals surface area contributed by atoms with E-state index >= 15 is 0 Å². The minimum absolute atomic E-state index is 0.0863. The van der Waals surface area contributed by atoms with Crippen LogP contribution in [-0.4, -0.2) is 38.6 Å². The molecule has 8 heteroatoms. The fourth-order valence-electron chi connectivity index (χ4n) is 3.80. The van der Waals surface area contributed by atoms with E-state index in [1.54, 1.807) is 0 Å². The third kappa shape index (κ3) is 3.06. The average Bonchev–Trinajstić information content (AvgIpc) is 3.26. The van der Waals surface area contributed by atoms with Gasteiger partial charge in [-0.25, -0.2) is 4.98 Å². The number of amides is 3. The molecule has 132 valence electrons. The van der Waals surface area contributed by atoms with E-state index in [-0.39, 0.29) is 42.5 Å². The van der Waals surface area contributed by atoms with Gasteiger partial charge >= 0.3 is 0 Å². The second kappa shape index (κ2) is 6.59. The van der Waals surface area contributed by atoms with Gasteiger partial charge in [0.25, 0.3) is 0 Å². The van der Waals surface area contributed by atoms with Crippen molar-refractivity contribution in [3.63, 3.8) is 0 Å². The minimum Gasteiger partial charge on any atom is -0.350 e. The topological polar surface area (TPSA) is 83.8 Å². The summed E-state index contributed by atoms with van der Waals surface area (Å²) >= 11 is 1.54. The molecule has 0 aromatic carbocycles. The van der Waals surface area contributed by atoms with Crippen molar-refractivity contribution in [2.45, 2.75) is 38.6 Å². The van der Waals surface area contributed by atoms with Crippen molar-refractivity contribution in [2.75, 3.05) is 6.54 Å². The molecule has 2 aromatic heterocycles. The van der Waals surface area contributed by atoms with Crippen LogP contribution < -0.4 is 5.32 Å². The molecule has 1 aliphatic carbocycles. The predicted molar refractivity (Wildman–Crippen MR) is 91.7 cm³/mol. The maximum absolute atomic E-state index is 12.4. The highest BCUT2D eigenvalue weighted by atomic mass is 32.1. The number of imide groups is 1. The summed E-state index contributed by atoms with van der Waals surface area (Å²) in [7, 11) is 0. The van der Waals surface area contributed by atoms with Crippen LogP contribution in [0.5, 0.6) is 0 Å². The third-order valence-corrected chi connectivity index (χ3v) is 5.88. The molecular weight excluding hydrogens is 340 g/mol. The first-order valence-corrected chi connectivity index (χ1v) is 9.54. The van der Waals surface area contributed by atoms with Gasteiger partial charge in [0.05, 0.1) is 24.1 Å². The Balaban J connectivity index is 1.29. The molecule has 2 aromatic rings. The average molecular weight is 360 g/mol. The molecule has 1 saturated carbocycles. The van der Waals surface area contributed by atoms with E-state index in [1.807, 2.05) is 22.2 Å². The molecule has 1 aliphatic heterocycles. The lowest BCUT2D eigenvalue weighted by Gasteiger charge is -2.19. The van der Waals surface area contributed by atoms with Crippen LogP contribution in [0.1, 0.15) is 37.8 Å². The first kappa shape index (κ1) is 16.3. The highest BCUT2D eigenvalue weighted by Gasteiger charge is 2.47. The Morgan fingerprint density at radius 1 is 1.24 bits per heavy atom. The van der Waals surface area contributed by atoms with Crippen LogP contribution in [0, 0.1) is 11.8 Å². The quantitative estimate of drug-likeness (QED) is 0.821. The summed E-state index contributed by atoms with van der Waals surface area (Å²) in [5.41, 5.74) is 0.791. The van der Waals surface area contributed by atoms with Crippen molar-refractivity contribution in [3.8, 4) is 0 Å². The molecule has 2 fully saturated rings. The molecule has 25 heavy (non-hydrogen) atoms. The number of aromatic nitrogens is 2. The van der Waals surface area contributed by atoms with E-state index in [0.29, 0.717) is 6.54 Å². The minimum atomic E-state index is -0.174. The van der Waals surface area contributed by atoms with Crippen molar-refractivity contribution in [1.82, 2.24) is 19.6 Å². The maximum atomic E-state index is 12.4. The van der Waals surface area contributed by atoms with Gasteiger partial charge in [0, 0.05) is 30.7 Å². The summed E-state index contributed by atoms with van der Waals surface area (Å²) in [5, 5.41) is 4.76. The molecule has 3 heterocycles. The van der Waals surface area contributed by atoms with Crippen LogP contribution in [0.3, 0.4) is 0 Å². The zero-order valence-corrected chi connectivity index (χ0v) is 14.6. The van der Waals surface area contributed by atoms with Crippen molar-refractivity contribution < 1.29 is 14.4 Å². The first-order valence-electron chi connectivity index (χ1n) is 8.66. The van der Waals surface area contributed by atoms with Gasteiger partial charge in [0.2, 0.25) is 17.7 Å². The summed E-state index contributed by atoms with van der Waals surface area (Å²) < 4.78 is 1.91. The number of carbonyl (C=O) groups excluding carboxylic acids is 3. The summed E-state index contributed by atoms with van der Waals surface area (Å²) in [6.07, 6.45) is 7.56. The van der Waals surface area contributed by atoms with Crippen molar-refractivity contribution in [3.05, 3.63) is 23.5 Å². The van der Waals surface area contributed by atoms with Gasteiger partial charge in [-0.15, -0.1) is 11.3 Å². The number of hydrogen-bond donors (Lipinski definition) is 1. The summed E-state index contributed by atoms with van der Waals surface area (Å²) in [6.45, 7) is 0.523. The lowest BCUT2D eigenvalue weighted by molar-refractivity contribution is -0.140. The number of hydrogen-bond acceptors (Lipinski definition) is 5. The van der Waals surface area contributed by atoms with Crippen LogP contribution in [0.4, 0.5) is 0 Å². The lowest BCUT2D eigenvalue weighted by Crippen LogP contribution is -2.35. The molecular formula is C17H20N4O3S. The van der Waals surface area contributed by atoms with E-state index in [2.05, 4.69) is 10.3 Å². The number of thiazole rings is 1. The van der Waals surface area contributed by atoms with Gasteiger partial charge in [-0.2, -0.15) is 0 Å². The standard InChI is InChI=1S/C17H20N4O3S/c22-14(18-9-11-10-20-7-8-25-17(20)19-11)5-6-21-15(23)12-3-1-2-4-13(12)16(21)24/h7-8,10,12-13H,1-6,9H2,(H,18,22). The van der Waals surface area contributed by atoms with Crippen LogP contribution in [0.2, 0.25) is 0 Å². The van der Waals surface area contributed by atoms with E-state index in [1.165, 1.54) is 16.2 Å². The zero-order chi connectivity index (χ0) is 17.4. The van der Waals surface area contributed by atoms with Crippen LogP contribution in [-0.2, 0) is 20.9 Å². The smallest absolute Gasteiger partial charge is 0.233 e. The highest BCUT2D eigenvalue weighted by Crippen LogP contribution is 2.37. The number of nitrogens with zero attached hydrogens (tertiary/aromatic N) is 3. The van der Waals surface area contributed by atoms with Gasteiger partial charge < -0.3 is 5.32 Å². The second-order valence-electron chi connectivity index (χ2n) is 6.68. The second-order valence-corrected chi connectivity index (χ2v) is 7.55. The molecule has 7 nitrogen and oxygen atoms in total. The maximum Gasteiger partial charge on any atom is 0.233 e. The lowest BCUT2D eigenvalue weighted by atomic mass is 9.81. The number of imidazole rings is 1. The number of rotatable bonds is 5. The molecule has 4 rings (SSSR count). The van der Waals surface area contributed by atoms with E-state index < -0.39 is 0 Å². The van der Waals surface area contributed by atoms with Crippen molar-refractivity contribution in [2.24, 2.45) is 11.8 Å². The van der Waals surface area contributed by atoms with Gasteiger partial charge in [0.15, 0.2) is 4.96 Å². The Labute approximate surface area is 149 Å². The summed E-state index contributed by atoms with van der Waals surface area (Å²) in [5.74, 6) is -0.647. The van der Waals surface area contributed by atoms with Crippen LogP contribution >= 0.6 is 11.3 Å². The first-order chi connectivity index (χ1) is 12.1. The van der Waals surface area contributed by atoms with E-state index in [0.717, 1.165) is 36.3 Å². The Morgan fingerprint density at radius 3 is 2.64 bits per heavy atom. The van der Waals surface area contributed by atoms with Gasteiger partial charge in [0.1, 0.15) is 0 Å². The fraction of sp³-hybridized carbons (Fsp3) is 0.529. The Morgan fingerprint density at radius 2 is 1.96 bits per heavy atom. The number of likely N-dealkylation sites (tertiary alicyclic amines) is 1. The predicted octanol–water partition coefficient (Wildman–Crippen LogP) is 1.58. The molecule has 0 bridgehead atoms. The highest BCUT2D eigenvalue weighted by molar-refractivity contribution is 7.15. The molecule has 3 amide bonds. The SMILES string of the molecule is O=C(CCN1C(=O)C2CCCCC2C1=O)NCc1cn2ccsc2n1. The summed E-state index contributed by atoms with van der Waals surface area (Å²) in [4.78, 5) is 43.4. The molecule has 1 saturated heterocycles. The van der Waals surface area contributed by atoms with Crippen molar-refractivity contribution in [1.29, 1.82) is 0 Å². The van der Waals surface area contributed by atoms with E-state index in [9.17, 15) is 14.4 Å². The van der Waals surface area contributed by atoms with Gasteiger partial charge in [-0.3, -0.25) is 23.7 Å². The fourth-order valence-corrected chi connectivity index (χ4v) is 4.52. The molecule has 2 unspecified atom stereocenters. The largest absolute Gasteiger partial charge is 0.350 e. The molecule has 2 atom stereocenters. The van der Waals surface area contributed by atoms with Gasteiger partial charge in [-0.1, -0.05) is 12.8 Å².